The summed E-state index contributed by atoms with van der Waals surface area (Å²) in [5, 5.41) is 20.5. The molecule has 3 aliphatic carbocycles. The van der Waals surface area contributed by atoms with Gasteiger partial charge in [-0.25, -0.2) is 0 Å². The molecule has 124 valence electrons. The van der Waals surface area contributed by atoms with Crippen LogP contribution in [0.25, 0.3) is 0 Å². The zero-order chi connectivity index (χ0) is 16.2. The van der Waals surface area contributed by atoms with Crippen molar-refractivity contribution in [2.24, 2.45) is 28.1 Å². The normalized spacial score (nSPS) is 51.5. The SMILES string of the molecule is C=C[C@@]1(C)CCC2C(=CCC3[C@]2(C)CC[C@H](O)[C@]3(C)CO)C1. The Balaban J connectivity index is 1.96. The van der Waals surface area contributed by atoms with Gasteiger partial charge in [0.05, 0.1) is 12.7 Å². The molecule has 2 unspecified atom stereocenters. The maximum absolute atomic E-state index is 10.5. The fourth-order valence-corrected chi connectivity index (χ4v) is 5.86. The molecule has 2 heteroatoms. The van der Waals surface area contributed by atoms with Gasteiger partial charge in [0.15, 0.2) is 0 Å². The average Bonchev–Trinajstić information content (AvgIpc) is 2.51. The van der Waals surface area contributed by atoms with E-state index in [-0.39, 0.29) is 29.0 Å². The summed E-state index contributed by atoms with van der Waals surface area (Å²) < 4.78 is 0. The number of hydrogen-bond acceptors (Lipinski definition) is 2. The number of allylic oxidation sites excluding steroid dienone is 3. The highest BCUT2D eigenvalue weighted by Crippen LogP contribution is 2.63. The summed E-state index contributed by atoms with van der Waals surface area (Å²) in [5.41, 5.74) is 1.74. The molecule has 0 aromatic rings. The van der Waals surface area contributed by atoms with Gasteiger partial charge in [0.2, 0.25) is 0 Å². The molecule has 3 aliphatic rings. The lowest BCUT2D eigenvalue weighted by molar-refractivity contribution is -0.147. The summed E-state index contributed by atoms with van der Waals surface area (Å²) >= 11 is 0. The predicted octanol–water partition coefficient (Wildman–Crippen LogP) is 4.08. The van der Waals surface area contributed by atoms with Gasteiger partial charge in [-0.05, 0) is 61.2 Å². The van der Waals surface area contributed by atoms with Gasteiger partial charge in [0, 0.05) is 5.41 Å². The maximum atomic E-state index is 10.5. The first-order valence-corrected chi connectivity index (χ1v) is 8.90. The largest absolute Gasteiger partial charge is 0.396 e. The van der Waals surface area contributed by atoms with Crippen LogP contribution in [-0.4, -0.2) is 22.9 Å². The van der Waals surface area contributed by atoms with Crippen LogP contribution >= 0.6 is 0 Å². The third-order valence-corrected chi connectivity index (χ3v) is 7.61. The van der Waals surface area contributed by atoms with E-state index in [1.54, 1.807) is 5.57 Å². The lowest BCUT2D eigenvalue weighted by Gasteiger charge is -2.60. The van der Waals surface area contributed by atoms with Gasteiger partial charge in [-0.15, -0.1) is 6.58 Å². The molecule has 22 heavy (non-hydrogen) atoms. The quantitative estimate of drug-likeness (QED) is 0.755. The van der Waals surface area contributed by atoms with Crippen LogP contribution in [0.15, 0.2) is 24.3 Å². The average molecular weight is 304 g/mol. The van der Waals surface area contributed by atoms with Crippen LogP contribution in [0.3, 0.4) is 0 Å². The number of rotatable bonds is 2. The topological polar surface area (TPSA) is 40.5 Å². The molecule has 2 fully saturated rings. The van der Waals surface area contributed by atoms with Crippen molar-refractivity contribution in [3.8, 4) is 0 Å². The molecule has 3 rings (SSSR count). The standard InChI is InChI=1S/C20H32O2/c1-5-18(2)10-8-15-14(12-18)6-7-16-19(15,3)11-9-17(22)20(16,4)13-21/h5-6,15-17,21-22H,1,7-13H2,2-4H3/t15?,16?,17-,18-,19+,20+/m0/s1. The molecule has 0 heterocycles. The van der Waals surface area contributed by atoms with E-state index < -0.39 is 0 Å². The molecule has 0 saturated heterocycles. The highest BCUT2D eigenvalue weighted by atomic mass is 16.3. The summed E-state index contributed by atoms with van der Waals surface area (Å²) in [6, 6.07) is 0. The second-order valence-corrected chi connectivity index (χ2v) is 8.92. The highest BCUT2D eigenvalue weighted by Gasteiger charge is 2.58. The Labute approximate surface area is 135 Å². The third-order valence-electron chi connectivity index (χ3n) is 7.61. The summed E-state index contributed by atoms with van der Waals surface area (Å²) in [6.07, 6.45) is 10.7. The number of aliphatic hydroxyl groups excluding tert-OH is 2. The van der Waals surface area contributed by atoms with Crippen molar-refractivity contribution in [2.75, 3.05) is 6.61 Å². The first-order chi connectivity index (χ1) is 10.3. The van der Waals surface area contributed by atoms with E-state index in [1.807, 2.05) is 0 Å². The minimum absolute atomic E-state index is 0.0920. The summed E-state index contributed by atoms with van der Waals surface area (Å²) in [6.45, 7) is 11.0. The van der Waals surface area contributed by atoms with Crippen molar-refractivity contribution in [1.29, 1.82) is 0 Å². The molecular formula is C20H32O2. The summed E-state index contributed by atoms with van der Waals surface area (Å²) in [4.78, 5) is 0. The Kier molecular flexibility index (Phi) is 3.85. The van der Waals surface area contributed by atoms with Crippen molar-refractivity contribution in [3.05, 3.63) is 24.3 Å². The van der Waals surface area contributed by atoms with Crippen LogP contribution in [0.1, 0.15) is 59.3 Å². The first-order valence-electron chi connectivity index (χ1n) is 8.90. The summed E-state index contributed by atoms with van der Waals surface area (Å²) in [7, 11) is 0. The van der Waals surface area contributed by atoms with Crippen LogP contribution in [0, 0.1) is 28.1 Å². The molecule has 0 amide bonds. The van der Waals surface area contributed by atoms with Crippen molar-refractivity contribution in [2.45, 2.75) is 65.4 Å². The fraction of sp³-hybridized carbons (Fsp3) is 0.800. The van der Waals surface area contributed by atoms with Crippen molar-refractivity contribution in [3.63, 3.8) is 0 Å². The Morgan fingerprint density at radius 2 is 2.00 bits per heavy atom. The van der Waals surface area contributed by atoms with E-state index in [4.69, 9.17) is 0 Å². The minimum Gasteiger partial charge on any atom is -0.396 e. The van der Waals surface area contributed by atoms with Gasteiger partial charge in [-0.3, -0.25) is 0 Å². The van der Waals surface area contributed by atoms with Gasteiger partial charge in [-0.2, -0.15) is 0 Å². The lowest BCUT2D eigenvalue weighted by atomic mass is 9.45. The molecule has 2 nitrogen and oxygen atoms in total. The van der Waals surface area contributed by atoms with Crippen LogP contribution < -0.4 is 0 Å². The Hall–Kier alpha value is -0.600. The first kappa shape index (κ1) is 16.3. The van der Waals surface area contributed by atoms with Crippen LogP contribution in [-0.2, 0) is 0 Å². The molecule has 0 bridgehead atoms. The molecule has 2 N–H and O–H groups in total. The third kappa shape index (κ3) is 2.14. The van der Waals surface area contributed by atoms with E-state index >= 15 is 0 Å². The maximum Gasteiger partial charge on any atom is 0.0618 e. The van der Waals surface area contributed by atoms with Crippen LogP contribution in [0.2, 0.25) is 0 Å². The van der Waals surface area contributed by atoms with Gasteiger partial charge in [0.25, 0.3) is 0 Å². The van der Waals surface area contributed by atoms with Crippen molar-refractivity contribution < 1.29 is 10.2 Å². The van der Waals surface area contributed by atoms with Gasteiger partial charge >= 0.3 is 0 Å². The fourth-order valence-electron chi connectivity index (χ4n) is 5.86. The van der Waals surface area contributed by atoms with Gasteiger partial charge < -0.3 is 10.2 Å². The molecule has 0 radical (unpaired) electrons. The molecule has 0 aromatic carbocycles. The highest BCUT2D eigenvalue weighted by molar-refractivity contribution is 5.25. The molecule has 2 saturated carbocycles. The van der Waals surface area contributed by atoms with E-state index in [9.17, 15) is 10.2 Å². The van der Waals surface area contributed by atoms with Crippen LogP contribution in [0.5, 0.6) is 0 Å². The lowest BCUT2D eigenvalue weighted by Crippen LogP contribution is -2.57. The minimum atomic E-state index is -0.368. The van der Waals surface area contributed by atoms with Crippen LogP contribution in [0.4, 0.5) is 0 Å². The number of aliphatic hydroxyl groups is 2. The summed E-state index contributed by atoms with van der Waals surface area (Å²) in [5.74, 6) is 1.01. The Bertz CT molecular complexity index is 496. The van der Waals surface area contributed by atoms with E-state index in [1.165, 1.54) is 12.8 Å². The van der Waals surface area contributed by atoms with E-state index in [0.29, 0.717) is 11.8 Å². The molecule has 0 aliphatic heterocycles. The Morgan fingerprint density at radius 1 is 1.27 bits per heavy atom. The van der Waals surface area contributed by atoms with E-state index in [0.717, 1.165) is 25.7 Å². The monoisotopic (exact) mass is 304 g/mol. The van der Waals surface area contributed by atoms with Crippen molar-refractivity contribution in [1.82, 2.24) is 0 Å². The predicted molar refractivity (Wildman–Crippen MR) is 90.4 cm³/mol. The Morgan fingerprint density at radius 3 is 2.64 bits per heavy atom. The van der Waals surface area contributed by atoms with Crippen molar-refractivity contribution >= 4 is 0 Å². The zero-order valence-electron chi connectivity index (χ0n) is 14.4. The molecule has 0 spiro atoms. The zero-order valence-corrected chi connectivity index (χ0v) is 14.4. The van der Waals surface area contributed by atoms with Gasteiger partial charge in [-0.1, -0.05) is 38.5 Å². The van der Waals surface area contributed by atoms with Gasteiger partial charge in [0.1, 0.15) is 0 Å². The number of fused-ring (bicyclic) bond motifs is 3. The molecule has 0 aromatic heterocycles. The molecule has 6 atom stereocenters. The van der Waals surface area contributed by atoms with E-state index in [2.05, 4.69) is 39.5 Å². The second-order valence-electron chi connectivity index (χ2n) is 8.92. The second kappa shape index (κ2) is 5.21. The molecular weight excluding hydrogens is 272 g/mol. The number of hydrogen-bond donors (Lipinski definition) is 2. The smallest absolute Gasteiger partial charge is 0.0618 e.